The third-order valence-corrected chi connectivity index (χ3v) is 2.25. The number of allylic oxidation sites excluding steroid dienone is 2. The average molecular weight is 241 g/mol. The zero-order chi connectivity index (χ0) is 13.1. The number of halogens is 3. The van der Waals surface area contributed by atoms with Gasteiger partial charge in [0.05, 0.1) is 5.56 Å². The van der Waals surface area contributed by atoms with Gasteiger partial charge in [-0.05, 0) is 36.3 Å². The van der Waals surface area contributed by atoms with Crippen LogP contribution in [0.1, 0.15) is 16.7 Å². The van der Waals surface area contributed by atoms with Crippen LogP contribution in [0.3, 0.4) is 0 Å². The van der Waals surface area contributed by atoms with Crippen molar-refractivity contribution in [3.63, 3.8) is 0 Å². The molecular weight excluding hydrogens is 231 g/mol. The fourth-order valence-electron chi connectivity index (χ4n) is 1.45. The van der Waals surface area contributed by atoms with Gasteiger partial charge in [0.1, 0.15) is 0 Å². The number of alkyl halides is 3. The van der Waals surface area contributed by atoms with E-state index in [0.29, 0.717) is 17.4 Å². The summed E-state index contributed by atoms with van der Waals surface area (Å²) in [6.45, 7) is 1.49. The third-order valence-electron chi connectivity index (χ3n) is 2.25. The maximum atomic E-state index is 12.4. The monoisotopic (exact) mass is 241 g/mol. The molecule has 0 aliphatic rings. The Bertz CT molecular complexity index is 475. The summed E-state index contributed by atoms with van der Waals surface area (Å²) in [5.41, 5.74) is 0.182. The first-order valence-electron chi connectivity index (χ1n) is 4.74. The second kappa shape index (κ2) is 4.95. The number of benzene rings is 1. The third kappa shape index (κ3) is 3.03. The van der Waals surface area contributed by atoms with Crippen LogP contribution in [0.25, 0.3) is 5.57 Å². The van der Waals surface area contributed by atoms with Crippen molar-refractivity contribution in [1.29, 1.82) is 5.41 Å². The zero-order valence-corrected chi connectivity index (χ0v) is 9.01. The van der Waals surface area contributed by atoms with E-state index in [1.165, 1.54) is 19.1 Å². The molecule has 5 heteroatoms. The maximum absolute atomic E-state index is 12.4. The fraction of sp³-hybridized carbons (Fsp3) is 0.167. The molecule has 0 heterocycles. The van der Waals surface area contributed by atoms with Crippen LogP contribution >= 0.6 is 0 Å². The lowest BCUT2D eigenvalue weighted by atomic mass is 9.99. The number of carbonyl (C=O) groups is 1. The molecular formula is C12H10F3NO. The molecule has 0 aliphatic carbocycles. The SMILES string of the molecule is Cc1cc(C(F)(F)F)ccc1/C(C=O)=C\C=N. The predicted octanol–water partition coefficient (Wildman–Crippen LogP) is 3.25. The molecule has 1 aromatic carbocycles. The molecule has 0 saturated carbocycles. The smallest absolute Gasteiger partial charge is 0.309 e. The minimum absolute atomic E-state index is 0.186. The first-order chi connectivity index (χ1) is 7.90. The summed E-state index contributed by atoms with van der Waals surface area (Å²) in [5, 5.41) is 6.86. The molecule has 0 bridgehead atoms. The van der Waals surface area contributed by atoms with Gasteiger partial charge in [-0.25, -0.2) is 0 Å². The number of carbonyl (C=O) groups excluding carboxylic acids is 1. The highest BCUT2D eigenvalue weighted by atomic mass is 19.4. The predicted molar refractivity (Wildman–Crippen MR) is 59.0 cm³/mol. The summed E-state index contributed by atoms with van der Waals surface area (Å²) < 4.78 is 37.2. The van der Waals surface area contributed by atoms with Crippen molar-refractivity contribution in [2.75, 3.05) is 0 Å². The summed E-state index contributed by atoms with van der Waals surface area (Å²) in [6.07, 6.45) is -1.72. The Morgan fingerprint density at radius 2 is 2.00 bits per heavy atom. The topological polar surface area (TPSA) is 40.9 Å². The van der Waals surface area contributed by atoms with Gasteiger partial charge in [0, 0.05) is 11.8 Å². The molecule has 0 atom stereocenters. The zero-order valence-electron chi connectivity index (χ0n) is 9.01. The molecule has 17 heavy (non-hydrogen) atoms. The molecule has 0 aliphatic heterocycles. The number of hydrogen-bond acceptors (Lipinski definition) is 2. The standard InChI is InChI=1S/C12H10F3NO/c1-8-6-10(12(13,14)15)2-3-11(8)9(7-17)4-5-16/h2-7,16H,1H3/b9-4-,16-5?. The summed E-state index contributed by atoms with van der Waals surface area (Å²) in [6, 6.07) is 3.14. The highest BCUT2D eigenvalue weighted by molar-refractivity contribution is 6.11. The van der Waals surface area contributed by atoms with Crippen LogP contribution in [0.2, 0.25) is 0 Å². The largest absolute Gasteiger partial charge is 0.416 e. The van der Waals surface area contributed by atoms with E-state index in [-0.39, 0.29) is 5.57 Å². The molecule has 0 unspecified atom stereocenters. The summed E-state index contributed by atoms with van der Waals surface area (Å²) in [4.78, 5) is 10.7. The Balaban J connectivity index is 3.27. The van der Waals surface area contributed by atoms with Gasteiger partial charge in [0.2, 0.25) is 0 Å². The van der Waals surface area contributed by atoms with Crippen LogP contribution in [0.15, 0.2) is 24.3 Å². The minimum Gasteiger partial charge on any atom is -0.309 e. The Hall–Kier alpha value is -1.91. The van der Waals surface area contributed by atoms with E-state index in [1.54, 1.807) is 0 Å². The molecule has 1 N–H and O–H groups in total. The van der Waals surface area contributed by atoms with Gasteiger partial charge in [-0.15, -0.1) is 0 Å². The lowest BCUT2D eigenvalue weighted by Gasteiger charge is -2.10. The first kappa shape index (κ1) is 13.2. The van der Waals surface area contributed by atoms with Crippen molar-refractivity contribution in [2.45, 2.75) is 13.1 Å². The molecule has 2 nitrogen and oxygen atoms in total. The van der Waals surface area contributed by atoms with Gasteiger partial charge in [-0.1, -0.05) is 6.07 Å². The number of nitrogens with one attached hydrogen (secondary N) is 1. The van der Waals surface area contributed by atoms with Crippen molar-refractivity contribution in [3.05, 3.63) is 41.0 Å². The Morgan fingerprint density at radius 3 is 2.41 bits per heavy atom. The van der Waals surface area contributed by atoms with Crippen molar-refractivity contribution in [2.24, 2.45) is 0 Å². The van der Waals surface area contributed by atoms with Crippen molar-refractivity contribution in [1.82, 2.24) is 0 Å². The van der Waals surface area contributed by atoms with E-state index in [0.717, 1.165) is 18.3 Å². The van der Waals surface area contributed by atoms with Crippen LogP contribution in [-0.4, -0.2) is 12.5 Å². The highest BCUT2D eigenvalue weighted by Crippen LogP contribution is 2.31. The van der Waals surface area contributed by atoms with Gasteiger partial charge < -0.3 is 5.41 Å². The van der Waals surface area contributed by atoms with Gasteiger partial charge >= 0.3 is 6.18 Å². The second-order valence-electron chi connectivity index (χ2n) is 3.43. The summed E-state index contributed by atoms with van der Waals surface area (Å²) in [5.74, 6) is 0. The normalized spacial score (nSPS) is 12.4. The summed E-state index contributed by atoms with van der Waals surface area (Å²) in [7, 11) is 0. The van der Waals surface area contributed by atoms with Gasteiger partial charge in [0.15, 0.2) is 6.29 Å². The molecule has 0 aromatic heterocycles. The van der Waals surface area contributed by atoms with Gasteiger partial charge in [-0.3, -0.25) is 4.79 Å². The van der Waals surface area contributed by atoms with Crippen LogP contribution in [0.4, 0.5) is 13.2 Å². The maximum Gasteiger partial charge on any atom is 0.416 e. The molecule has 90 valence electrons. The molecule has 0 saturated heterocycles. The number of rotatable bonds is 3. The second-order valence-corrected chi connectivity index (χ2v) is 3.43. The molecule has 0 amide bonds. The van der Waals surface area contributed by atoms with E-state index in [4.69, 9.17) is 5.41 Å². The molecule has 0 spiro atoms. The van der Waals surface area contributed by atoms with E-state index < -0.39 is 11.7 Å². The number of aldehydes is 1. The molecule has 1 rings (SSSR count). The number of aryl methyl sites for hydroxylation is 1. The van der Waals surface area contributed by atoms with Crippen LogP contribution in [0, 0.1) is 12.3 Å². The molecule has 0 radical (unpaired) electrons. The van der Waals surface area contributed by atoms with E-state index in [2.05, 4.69) is 0 Å². The lowest BCUT2D eigenvalue weighted by molar-refractivity contribution is -0.137. The first-order valence-corrected chi connectivity index (χ1v) is 4.74. The van der Waals surface area contributed by atoms with Gasteiger partial charge in [0.25, 0.3) is 0 Å². The van der Waals surface area contributed by atoms with Crippen molar-refractivity contribution >= 4 is 18.1 Å². The van der Waals surface area contributed by atoms with Crippen molar-refractivity contribution in [3.8, 4) is 0 Å². The highest BCUT2D eigenvalue weighted by Gasteiger charge is 2.30. The van der Waals surface area contributed by atoms with E-state index in [1.807, 2.05) is 0 Å². The quantitative estimate of drug-likeness (QED) is 0.492. The Labute approximate surface area is 96.3 Å². The lowest BCUT2D eigenvalue weighted by Crippen LogP contribution is -2.06. The molecule has 1 aromatic rings. The Kier molecular flexibility index (Phi) is 3.83. The van der Waals surface area contributed by atoms with Crippen LogP contribution < -0.4 is 0 Å². The van der Waals surface area contributed by atoms with E-state index in [9.17, 15) is 18.0 Å². The molecule has 0 fully saturated rings. The van der Waals surface area contributed by atoms with E-state index >= 15 is 0 Å². The fourth-order valence-corrected chi connectivity index (χ4v) is 1.45. The van der Waals surface area contributed by atoms with Crippen molar-refractivity contribution < 1.29 is 18.0 Å². The average Bonchev–Trinajstić information content (AvgIpc) is 2.25. The van der Waals surface area contributed by atoms with Crippen LogP contribution in [0.5, 0.6) is 0 Å². The minimum atomic E-state index is -4.39. The van der Waals surface area contributed by atoms with Crippen LogP contribution in [-0.2, 0) is 11.0 Å². The Morgan fingerprint density at radius 1 is 1.35 bits per heavy atom. The number of hydrogen-bond donors (Lipinski definition) is 1. The van der Waals surface area contributed by atoms with Gasteiger partial charge in [-0.2, -0.15) is 13.2 Å². The summed E-state index contributed by atoms with van der Waals surface area (Å²) >= 11 is 0.